The summed E-state index contributed by atoms with van der Waals surface area (Å²) in [7, 11) is 0. The van der Waals surface area contributed by atoms with Gasteiger partial charge in [0.15, 0.2) is 0 Å². The summed E-state index contributed by atoms with van der Waals surface area (Å²) in [6.45, 7) is 0. The van der Waals surface area contributed by atoms with Gasteiger partial charge in [-0.15, -0.1) is 11.3 Å². The minimum Gasteiger partial charge on any atom is -0.322 e. The van der Waals surface area contributed by atoms with Gasteiger partial charge in [-0.2, -0.15) is 0 Å². The second-order valence-corrected chi connectivity index (χ2v) is 5.59. The fourth-order valence-corrected chi connectivity index (χ4v) is 2.58. The molecule has 0 unspecified atom stereocenters. The summed E-state index contributed by atoms with van der Waals surface area (Å²) < 4.78 is 0. The van der Waals surface area contributed by atoms with Crippen LogP contribution in [-0.2, 0) is 0 Å². The van der Waals surface area contributed by atoms with Gasteiger partial charge < -0.3 is 5.32 Å². The molecule has 0 fully saturated rings. The van der Waals surface area contributed by atoms with E-state index in [0.29, 0.717) is 11.3 Å². The first-order valence-corrected chi connectivity index (χ1v) is 7.74. The number of carbonyl (C=O) groups is 1. The zero-order chi connectivity index (χ0) is 15.2. The number of carbonyl (C=O) groups excluding carboxylic acids is 1. The highest BCUT2D eigenvalue weighted by Crippen LogP contribution is 2.20. The predicted molar refractivity (Wildman–Crippen MR) is 92.4 cm³/mol. The molecule has 0 spiro atoms. The van der Waals surface area contributed by atoms with Crippen LogP contribution >= 0.6 is 11.3 Å². The van der Waals surface area contributed by atoms with Crippen molar-refractivity contribution in [2.24, 2.45) is 4.99 Å². The van der Waals surface area contributed by atoms with Crippen molar-refractivity contribution < 1.29 is 4.79 Å². The van der Waals surface area contributed by atoms with E-state index in [1.807, 2.05) is 66.0 Å². The molecule has 0 radical (unpaired) electrons. The lowest BCUT2D eigenvalue weighted by Gasteiger charge is -2.07. The number of amides is 1. The Bertz CT molecular complexity index is 780. The Balaban J connectivity index is 1.83. The standard InChI is InChI=1S/C18H14N2OS/c21-18(20-14-7-2-1-3-8-14)16-10-4-5-11-17(16)19-13-15-9-6-12-22-15/h1-13H,(H,20,21)/b19-13+. The SMILES string of the molecule is O=C(Nc1ccccc1)c1ccccc1/N=C/c1cccs1. The van der Waals surface area contributed by atoms with Gasteiger partial charge in [0.25, 0.3) is 5.91 Å². The van der Waals surface area contributed by atoms with Crippen LogP contribution in [0, 0.1) is 0 Å². The molecule has 0 saturated heterocycles. The quantitative estimate of drug-likeness (QED) is 0.694. The van der Waals surface area contributed by atoms with Gasteiger partial charge in [-0.05, 0) is 35.7 Å². The molecule has 0 aliphatic heterocycles. The van der Waals surface area contributed by atoms with Crippen LogP contribution in [-0.4, -0.2) is 12.1 Å². The fraction of sp³-hybridized carbons (Fsp3) is 0. The molecule has 3 nitrogen and oxygen atoms in total. The lowest BCUT2D eigenvalue weighted by atomic mass is 10.1. The molecule has 22 heavy (non-hydrogen) atoms. The van der Waals surface area contributed by atoms with Gasteiger partial charge in [0, 0.05) is 16.8 Å². The number of para-hydroxylation sites is 2. The van der Waals surface area contributed by atoms with Gasteiger partial charge in [0.2, 0.25) is 0 Å². The minimum absolute atomic E-state index is 0.162. The van der Waals surface area contributed by atoms with Gasteiger partial charge in [-0.3, -0.25) is 9.79 Å². The van der Waals surface area contributed by atoms with Crippen molar-refractivity contribution in [1.82, 2.24) is 0 Å². The molecule has 0 aliphatic rings. The summed E-state index contributed by atoms with van der Waals surface area (Å²) in [6.07, 6.45) is 1.78. The smallest absolute Gasteiger partial charge is 0.257 e. The lowest BCUT2D eigenvalue weighted by molar-refractivity contribution is 0.102. The van der Waals surface area contributed by atoms with Crippen molar-refractivity contribution in [2.45, 2.75) is 0 Å². The highest BCUT2D eigenvalue weighted by atomic mass is 32.1. The molecule has 0 bridgehead atoms. The van der Waals surface area contributed by atoms with Crippen molar-refractivity contribution in [3.05, 3.63) is 82.6 Å². The van der Waals surface area contributed by atoms with E-state index < -0.39 is 0 Å². The summed E-state index contributed by atoms with van der Waals surface area (Å²) in [4.78, 5) is 17.9. The van der Waals surface area contributed by atoms with Gasteiger partial charge in [0.1, 0.15) is 0 Å². The van der Waals surface area contributed by atoms with E-state index in [9.17, 15) is 4.79 Å². The first-order valence-electron chi connectivity index (χ1n) is 6.86. The number of rotatable bonds is 4. The van der Waals surface area contributed by atoms with E-state index in [1.165, 1.54) is 0 Å². The molecule has 1 amide bonds. The largest absolute Gasteiger partial charge is 0.322 e. The first kappa shape index (κ1) is 14.2. The van der Waals surface area contributed by atoms with Crippen LogP contribution in [0.4, 0.5) is 11.4 Å². The Hall–Kier alpha value is -2.72. The van der Waals surface area contributed by atoms with Gasteiger partial charge in [0.05, 0.1) is 11.3 Å². The average molecular weight is 306 g/mol. The molecular weight excluding hydrogens is 292 g/mol. The first-order chi connectivity index (χ1) is 10.8. The van der Waals surface area contributed by atoms with Gasteiger partial charge in [-0.25, -0.2) is 0 Å². The monoisotopic (exact) mass is 306 g/mol. The second kappa shape index (κ2) is 6.83. The van der Waals surface area contributed by atoms with Crippen LogP contribution in [0.3, 0.4) is 0 Å². The number of aliphatic imine (C=N–C) groups is 1. The van der Waals surface area contributed by atoms with Crippen LogP contribution in [0.15, 0.2) is 77.1 Å². The van der Waals surface area contributed by atoms with Crippen molar-refractivity contribution in [3.8, 4) is 0 Å². The number of nitrogens with zero attached hydrogens (tertiary/aromatic N) is 1. The highest BCUT2D eigenvalue weighted by Gasteiger charge is 2.10. The number of hydrogen-bond donors (Lipinski definition) is 1. The summed E-state index contributed by atoms with van der Waals surface area (Å²) in [5.41, 5.74) is 1.98. The lowest BCUT2D eigenvalue weighted by Crippen LogP contribution is -2.11. The molecule has 108 valence electrons. The minimum atomic E-state index is -0.162. The number of benzene rings is 2. The maximum atomic E-state index is 12.4. The fourth-order valence-electron chi connectivity index (χ4n) is 2.00. The molecule has 4 heteroatoms. The number of anilines is 1. The van der Waals surface area contributed by atoms with Gasteiger partial charge in [-0.1, -0.05) is 36.4 Å². The van der Waals surface area contributed by atoms with Crippen LogP contribution in [0.1, 0.15) is 15.2 Å². The maximum Gasteiger partial charge on any atom is 0.257 e. The van der Waals surface area contributed by atoms with Crippen LogP contribution in [0.2, 0.25) is 0 Å². The van der Waals surface area contributed by atoms with E-state index in [-0.39, 0.29) is 5.91 Å². The predicted octanol–water partition coefficient (Wildman–Crippen LogP) is 4.75. The molecule has 3 aromatic rings. The van der Waals surface area contributed by atoms with Crippen molar-refractivity contribution >= 4 is 34.8 Å². The molecular formula is C18H14N2OS. The molecule has 0 aliphatic carbocycles. The summed E-state index contributed by atoms with van der Waals surface area (Å²) in [5.74, 6) is -0.162. The van der Waals surface area contributed by atoms with Crippen LogP contribution in [0.25, 0.3) is 0 Å². The normalized spacial score (nSPS) is 10.7. The molecule has 0 saturated carbocycles. The third kappa shape index (κ3) is 3.48. The molecule has 2 aromatic carbocycles. The number of hydrogen-bond acceptors (Lipinski definition) is 3. The van der Waals surface area contributed by atoms with Crippen molar-refractivity contribution in [2.75, 3.05) is 5.32 Å². The molecule has 0 atom stereocenters. The second-order valence-electron chi connectivity index (χ2n) is 4.61. The summed E-state index contributed by atoms with van der Waals surface area (Å²) in [6, 6.07) is 20.7. The Morgan fingerprint density at radius 1 is 0.955 bits per heavy atom. The summed E-state index contributed by atoms with van der Waals surface area (Å²) >= 11 is 1.61. The maximum absolute atomic E-state index is 12.4. The van der Waals surface area contributed by atoms with Gasteiger partial charge >= 0.3 is 0 Å². The van der Waals surface area contributed by atoms with Crippen LogP contribution < -0.4 is 5.32 Å². The topological polar surface area (TPSA) is 41.5 Å². The molecule has 3 rings (SSSR count). The number of nitrogens with one attached hydrogen (secondary N) is 1. The third-order valence-electron chi connectivity index (χ3n) is 3.05. The zero-order valence-corrected chi connectivity index (χ0v) is 12.6. The van der Waals surface area contributed by atoms with Crippen molar-refractivity contribution in [1.29, 1.82) is 0 Å². The van der Waals surface area contributed by atoms with E-state index in [2.05, 4.69) is 10.3 Å². The molecule has 1 N–H and O–H groups in total. The van der Waals surface area contributed by atoms with Crippen molar-refractivity contribution in [3.63, 3.8) is 0 Å². The number of thiophene rings is 1. The van der Waals surface area contributed by atoms with E-state index in [0.717, 1.165) is 10.6 Å². The molecule has 1 heterocycles. The molecule has 1 aromatic heterocycles. The van der Waals surface area contributed by atoms with E-state index in [1.54, 1.807) is 23.6 Å². The Morgan fingerprint density at radius 3 is 2.50 bits per heavy atom. The average Bonchev–Trinajstić information content (AvgIpc) is 3.07. The highest BCUT2D eigenvalue weighted by molar-refractivity contribution is 7.11. The van der Waals surface area contributed by atoms with E-state index in [4.69, 9.17) is 0 Å². The van der Waals surface area contributed by atoms with E-state index >= 15 is 0 Å². The Morgan fingerprint density at radius 2 is 1.73 bits per heavy atom. The third-order valence-corrected chi connectivity index (χ3v) is 3.86. The Kier molecular flexibility index (Phi) is 4.41. The zero-order valence-electron chi connectivity index (χ0n) is 11.8. The Labute approximate surface area is 133 Å². The summed E-state index contributed by atoms with van der Waals surface area (Å²) in [5, 5.41) is 4.88. The van der Waals surface area contributed by atoms with Crippen LogP contribution in [0.5, 0.6) is 0 Å².